The largest absolute Gasteiger partial charge is 0.370 e. The van der Waals surface area contributed by atoms with E-state index in [2.05, 4.69) is 20.6 Å². The van der Waals surface area contributed by atoms with Crippen LogP contribution in [0.3, 0.4) is 0 Å². The first kappa shape index (κ1) is 11.2. The van der Waals surface area contributed by atoms with E-state index in [1.807, 2.05) is 0 Å². The van der Waals surface area contributed by atoms with Gasteiger partial charge >= 0.3 is 0 Å². The van der Waals surface area contributed by atoms with Crippen LogP contribution in [0.1, 0.15) is 12.8 Å². The van der Waals surface area contributed by atoms with Gasteiger partial charge in [0.05, 0.1) is 0 Å². The molecule has 6 heteroatoms. The van der Waals surface area contributed by atoms with E-state index in [9.17, 15) is 4.79 Å². The van der Waals surface area contributed by atoms with Crippen molar-refractivity contribution in [1.29, 1.82) is 0 Å². The summed E-state index contributed by atoms with van der Waals surface area (Å²) in [6.07, 6.45) is 2.75. The van der Waals surface area contributed by atoms with E-state index in [4.69, 9.17) is 5.73 Å². The normalized spacial score (nSPS) is 9.67. The van der Waals surface area contributed by atoms with Crippen molar-refractivity contribution in [3.63, 3.8) is 0 Å². The maximum absolute atomic E-state index is 10.5. The molecule has 0 aliphatic heterocycles. The lowest BCUT2D eigenvalue weighted by Gasteiger charge is -2.05. The van der Waals surface area contributed by atoms with Crippen LogP contribution in [0, 0.1) is 0 Å². The molecule has 1 aromatic rings. The van der Waals surface area contributed by atoms with Gasteiger partial charge in [0, 0.05) is 26.2 Å². The maximum atomic E-state index is 10.5. The summed E-state index contributed by atoms with van der Waals surface area (Å²) in [7, 11) is 1.76. The Morgan fingerprint density at radius 2 is 2.40 bits per heavy atom. The van der Waals surface area contributed by atoms with Crippen LogP contribution >= 0.6 is 0 Å². The second kappa shape index (κ2) is 5.79. The van der Waals surface area contributed by atoms with Crippen LogP contribution in [-0.4, -0.2) is 29.5 Å². The highest BCUT2D eigenvalue weighted by Gasteiger charge is 1.97. The van der Waals surface area contributed by atoms with Gasteiger partial charge in [0.25, 0.3) is 0 Å². The smallest absolute Gasteiger partial charge is 0.224 e. The van der Waals surface area contributed by atoms with Gasteiger partial charge in [0.15, 0.2) is 0 Å². The van der Waals surface area contributed by atoms with Gasteiger partial charge in [0.1, 0.15) is 5.82 Å². The van der Waals surface area contributed by atoms with E-state index in [-0.39, 0.29) is 5.91 Å². The number of rotatable bonds is 6. The molecule has 1 amide bonds. The lowest BCUT2D eigenvalue weighted by Crippen LogP contribution is -2.13. The first-order valence-corrected chi connectivity index (χ1v) is 4.75. The van der Waals surface area contributed by atoms with Gasteiger partial charge in [0.2, 0.25) is 11.9 Å². The molecule has 1 aromatic heterocycles. The summed E-state index contributed by atoms with van der Waals surface area (Å²) in [6.45, 7) is 0.670. The zero-order valence-corrected chi connectivity index (χ0v) is 8.66. The molecule has 6 nitrogen and oxygen atoms in total. The molecule has 0 fully saturated rings. The average Bonchev–Trinajstić information content (AvgIpc) is 2.24. The Morgan fingerprint density at radius 3 is 3.07 bits per heavy atom. The summed E-state index contributed by atoms with van der Waals surface area (Å²) in [6, 6.07) is 1.77. The molecule has 0 atom stereocenters. The Morgan fingerprint density at radius 1 is 1.60 bits per heavy atom. The van der Waals surface area contributed by atoms with Crippen molar-refractivity contribution in [3.8, 4) is 0 Å². The van der Waals surface area contributed by atoms with Gasteiger partial charge in [-0.25, -0.2) is 4.98 Å². The molecule has 15 heavy (non-hydrogen) atoms. The molecule has 0 unspecified atom stereocenters. The first-order chi connectivity index (χ1) is 7.22. The second-order valence-corrected chi connectivity index (χ2v) is 3.01. The fourth-order valence-corrected chi connectivity index (χ4v) is 1.06. The minimum Gasteiger partial charge on any atom is -0.370 e. The number of nitrogens with two attached hydrogens (primary N) is 1. The van der Waals surface area contributed by atoms with Gasteiger partial charge in [-0.15, -0.1) is 0 Å². The van der Waals surface area contributed by atoms with Crippen LogP contribution in [0.15, 0.2) is 12.3 Å². The quantitative estimate of drug-likeness (QED) is 0.582. The van der Waals surface area contributed by atoms with E-state index in [0.717, 1.165) is 5.82 Å². The number of amides is 1. The number of nitrogens with zero attached hydrogens (tertiary/aromatic N) is 2. The Hall–Kier alpha value is -1.85. The Bertz CT molecular complexity index is 328. The van der Waals surface area contributed by atoms with Gasteiger partial charge in [-0.3, -0.25) is 4.79 Å². The fraction of sp³-hybridized carbons (Fsp3) is 0.444. The Labute approximate surface area is 88.3 Å². The van der Waals surface area contributed by atoms with Crippen molar-refractivity contribution in [3.05, 3.63) is 12.3 Å². The first-order valence-electron chi connectivity index (χ1n) is 4.75. The molecule has 0 saturated heterocycles. The van der Waals surface area contributed by atoms with E-state index < -0.39 is 0 Å². The summed E-state index contributed by atoms with van der Waals surface area (Å²) in [4.78, 5) is 18.6. The number of carbonyl (C=O) groups is 1. The van der Waals surface area contributed by atoms with Gasteiger partial charge in [-0.2, -0.15) is 4.98 Å². The predicted octanol–water partition coefficient (Wildman–Crippen LogP) is 0.196. The number of aromatic nitrogens is 2. The van der Waals surface area contributed by atoms with Crippen LogP contribution in [0.4, 0.5) is 11.8 Å². The van der Waals surface area contributed by atoms with Crippen LogP contribution in [0.2, 0.25) is 0 Å². The minimum atomic E-state index is -0.282. The van der Waals surface area contributed by atoms with Crippen molar-refractivity contribution in [2.75, 3.05) is 24.2 Å². The third-order valence-electron chi connectivity index (χ3n) is 1.79. The number of nitrogens with one attached hydrogen (secondary N) is 2. The van der Waals surface area contributed by atoms with Crippen LogP contribution in [0.25, 0.3) is 0 Å². The Balaban J connectivity index is 2.33. The second-order valence-electron chi connectivity index (χ2n) is 3.01. The topological polar surface area (TPSA) is 92.9 Å². The molecule has 1 rings (SSSR count). The molecular weight excluding hydrogens is 194 g/mol. The van der Waals surface area contributed by atoms with Crippen molar-refractivity contribution in [2.24, 2.45) is 5.73 Å². The summed E-state index contributed by atoms with van der Waals surface area (Å²) >= 11 is 0. The van der Waals surface area contributed by atoms with E-state index in [1.165, 1.54) is 0 Å². The molecule has 0 spiro atoms. The molecule has 0 radical (unpaired) electrons. The monoisotopic (exact) mass is 209 g/mol. The molecule has 0 aromatic carbocycles. The van der Waals surface area contributed by atoms with Gasteiger partial charge in [-0.1, -0.05) is 0 Å². The lowest BCUT2D eigenvalue weighted by molar-refractivity contribution is -0.118. The SMILES string of the molecule is CNc1nccc(NCCCC(N)=O)n1. The molecule has 82 valence electrons. The zero-order valence-electron chi connectivity index (χ0n) is 8.66. The summed E-state index contributed by atoms with van der Waals surface area (Å²) in [5.74, 6) is 1.02. The number of hydrogen-bond acceptors (Lipinski definition) is 5. The highest BCUT2D eigenvalue weighted by Crippen LogP contribution is 2.04. The molecule has 0 aliphatic rings. The molecule has 0 saturated carbocycles. The predicted molar refractivity (Wildman–Crippen MR) is 58.5 cm³/mol. The highest BCUT2D eigenvalue weighted by atomic mass is 16.1. The van der Waals surface area contributed by atoms with Crippen LogP contribution < -0.4 is 16.4 Å². The molecule has 1 heterocycles. The standard InChI is InChI=1S/C9H15N5O/c1-11-9-13-6-4-8(14-9)12-5-2-3-7(10)15/h4,6H,2-3,5H2,1H3,(H2,10,15)(H2,11,12,13,14). The highest BCUT2D eigenvalue weighted by molar-refractivity contribution is 5.73. The number of carbonyl (C=O) groups excluding carboxylic acids is 1. The maximum Gasteiger partial charge on any atom is 0.224 e. The Kier molecular flexibility index (Phi) is 4.33. The third-order valence-corrected chi connectivity index (χ3v) is 1.79. The fourth-order valence-electron chi connectivity index (χ4n) is 1.06. The zero-order chi connectivity index (χ0) is 11.1. The summed E-state index contributed by atoms with van der Waals surface area (Å²) in [5.41, 5.74) is 5.02. The minimum absolute atomic E-state index is 0.282. The van der Waals surface area contributed by atoms with Gasteiger partial charge in [-0.05, 0) is 12.5 Å². The molecule has 0 bridgehead atoms. The molecule has 4 N–H and O–H groups in total. The third kappa shape index (κ3) is 4.26. The van der Waals surface area contributed by atoms with Crippen molar-refractivity contribution >= 4 is 17.7 Å². The van der Waals surface area contributed by atoms with E-state index in [1.54, 1.807) is 19.3 Å². The molecule has 0 aliphatic carbocycles. The van der Waals surface area contributed by atoms with Crippen LogP contribution in [0.5, 0.6) is 0 Å². The molecular formula is C9H15N5O. The van der Waals surface area contributed by atoms with Crippen LogP contribution in [-0.2, 0) is 4.79 Å². The summed E-state index contributed by atoms with van der Waals surface area (Å²) < 4.78 is 0. The average molecular weight is 209 g/mol. The number of primary amides is 1. The van der Waals surface area contributed by atoms with Crippen molar-refractivity contribution < 1.29 is 4.79 Å². The van der Waals surface area contributed by atoms with E-state index in [0.29, 0.717) is 25.3 Å². The van der Waals surface area contributed by atoms with Crippen molar-refractivity contribution in [1.82, 2.24) is 9.97 Å². The number of anilines is 2. The van der Waals surface area contributed by atoms with E-state index >= 15 is 0 Å². The summed E-state index contributed by atoms with van der Waals surface area (Å²) in [5, 5.41) is 5.92. The number of hydrogen-bond donors (Lipinski definition) is 3. The lowest BCUT2D eigenvalue weighted by atomic mass is 10.3. The van der Waals surface area contributed by atoms with Gasteiger partial charge < -0.3 is 16.4 Å². The van der Waals surface area contributed by atoms with Crippen molar-refractivity contribution in [2.45, 2.75) is 12.8 Å².